The minimum Gasteiger partial charge on any atom is -0.481 e. The SMILES string of the molecule is O=C(O)CC1NCCCC12CCCCC2. The van der Waals surface area contributed by atoms with Gasteiger partial charge >= 0.3 is 5.97 Å². The van der Waals surface area contributed by atoms with Crippen LogP contribution in [-0.4, -0.2) is 23.7 Å². The van der Waals surface area contributed by atoms with Crippen molar-refractivity contribution >= 4 is 5.97 Å². The third-order valence-corrected chi connectivity index (χ3v) is 4.21. The van der Waals surface area contributed by atoms with E-state index in [1.807, 2.05) is 0 Å². The second kappa shape index (κ2) is 4.52. The molecular weight excluding hydrogens is 190 g/mol. The molecule has 2 rings (SSSR count). The zero-order valence-electron chi connectivity index (χ0n) is 9.30. The Labute approximate surface area is 91.2 Å². The van der Waals surface area contributed by atoms with E-state index in [9.17, 15) is 4.79 Å². The maximum absolute atomic E-state index is 10.9. The number of carboxylic acid groups (broad SMARTS) is 1. The van der Waals surface area contributed by atoms with Gasteiger partial charge in [-0.15, -0.1) is 0 Å². The molecular formula is C12H21NO2. The summed E-state index contributed by atoms with van der Waals surface area (Å²) in [7, 11) is 0. The first-order valence-electron chi connectivity index (χ1n) is 6.18. The minimum absolute atomic E-state index is 0.226. The van der Waals surface area contributed by atoms with Crippen molar-refractivity contribution in [3.63, 3.8) is 0 Å². The fourth-order valence-corrected chi connectivity index (χ4v) is 3.43. The fourth-order valence-electron chi connectivity index (χ4n) is 3.43. The highest BCUT2D eigenvalue weighted by Gasteiger charge is 2.41. The molecule has 2 N–H and O–H groups in total. The summed E-state index contributed by atoms with van der Waals surface area (Å²) in [6.07, 6.45) is 9.14. The van der Waals surface area contributed by atoms with Gasteiger partial charge in [-0.3, -0.25) is 4.79 Å². The molecule has 0 amide bonds. The second-order valence-corrected chi connectivity index (χ2v) is 5.13. The van der Waals surface area contributed by atoms with Crippen molar-refractivity contribution in [2.45, 2.75) is 57.4 Å². The van der Waals surface area contributed by atoms with Crippen LogP contribution in [0.15, 0.2) is 0 Å². The highest BCUT2D eigenvalue weighted by molar-refractivity contribution is 5.67. The Hall–Kier alpha value is -0.570. The molecule has 0 bridgehead atoms. The predicted molar refractivity (Wildman–Crippen MR) is 58.8 cm³/mol. The first kappa shape index (κ1) is 10.9. The van der Waals surface area contributed by atoms with Gasteiger partial charge in [-0.1, -0.05) is 19.3 Å². The molecule has 1 unspecified atom stereocenters. The minimum atomic E-state index is -0.653. The van der Waals surface area contributed by atoms with Gasteiger partial charge in [-0.2, -0.15) is 0 Å². The van der Waals surface area contributed by atoms with E-state index in [0.717, 1.165) is 6.54 Å². The highest BCUT2D eigenvalue weighted by atomic mass is 16.4. The van der Waals surface area contributed by atoms with Gasteiger partial charge in [-0.05, 0) is 37.6 Å². The molecule has 0 aromatic carbocycles. The second-order valence-electron chi connectivity index (χ2n) is 5.13. The van der Waals surface area contributed by atoms with Crippen LogP contribution in [0.4, 0.5) is 0 Å². The Balaban J connectivity index is 2.06. The molecule has 2 aliphatic rings. The van der Waals surface area contributed by atoms with Crippen LogP contribution in [0.1, 0.15) is 51.4 Å². The van der Waals surface area contributed by atoms with Crippen LogP contribution in [0.5, 0.6) is 0 Å². The number of carboxylic acids is 1. The zero-order valence-corrected chi connectivity index (χ0v) is 9.30. The summed E-state index contributed by atoms with van der Waals surface area (Å²) in [5, 5.41) is 12.4. The van der Waals surface area contributed by atoms with Gasteiger partial charge in [0.15, 0.2) is 0 Å². The third kappa shape index (κ3) is 2.33. The number of piperidine rings is 1. The Bertz CT molecular complexity index is 226. The van der Waals surface area contributed by atoms with E-state index in [1.165, 1.54) is 44.9 Å². The van der Waals surface area contributed by atoms with Crippen molar-refractivity contribution in [2.75, 3.05) is 6.54 Å². The van der Waals surface area contributed by atoms with Crippen LogP contribution in [0, 0.1) is 5.41 Å². The van der Waals surface area contributed by atoms with Gasteiger partial charge in [0.2, 0.25) is 0 Å². The first-order chi connectivity index (χ1) is 7.23. The van der Waals surface area contributed by atoms with E-state index in [0.29, 0.717) is 11.8 Å². The van der Waals surface area contributed by atoms with E-state index in [2.05, 4.69) is 5.32 Å². The maximum atomic E-state index is 10.9. The van der Waals surface area contributed by atoms with Crippen molar-refractivity contribution in [3.05, 3.63) is 0 Å². The highest BCUT2D eigenvalue weighted by Crippen LogP contribution is 2.45. The van der Waals surface area contributed by atoms with E-state index >= 15 is 0 Å². The first-order valence-corrected chi connectivity index (χ1v) is 6.18. The fraction of sp³-hybridized carbons (Fsp3) is 0.917. The molecule has 3 heteroatoms. The summed E-state index contributed by atoms with van der Waals surface area (Å²) < 4.78 is 0. The standard InChI is InChI=1S/C12H21NO2/c14-11(15)9-10-12(7-4-8-13-10)5-2-1-3-6-12/h10,13H,1-9H2,(H,14,15). The number of nitrogens with one attached hydrogen (secondary N) is 1. The van der Waals surface area contributed by atoms with E-state index in [-0.39, 0.29) is 6.04 Å². The van der Waals surface area contributed by atoms with Gasteiger partial charge in [0, 0.05) is 6.04 Å². The summed E-state index contributed by atoms with van der Waals surface area (Å²) in [4.78, 5) is 10.9. The smallest absolute Gasteiger partial charge is 0.304 e. The van der Waals surface area contributed by atoms with E-state index in [1.54, 1.807) is 0 Å². The largest absolute Gasteiger partial charge is 0.481 e. The van der Waals surface area contributed by atoms with Gasteiger partial charge in [0.1, 0.15) is 0 Å². The summed E-state index contributed by atoms with van der Waals surface area (Å²) in [5.41, 5.74) is 0.314. The molecule has 1 saturated heterocycles. The molecule has 0 aromatic rings. The van der Waals surface area contributed by atoms with Crippen LogP contribution >= 0.6 is 0 Å². The molecule has 15 heavy (non-hydrogen) atoms. The number of carbonyl (C=O) groups is 1. The Morgan fingerprint density at radius 2 is 1.87 bits per heavy atom. The van der Waals surface area contributed by atoms with E-state index in [4.69, 9.17) is 5.11 Å². The van der Waals surface area contributed by atoms with Crippen molar-refractivity contribution in [1.29, 1.82) is 0 Å². The number of rotatable bonds is 2. The number of hydrogen-bond acceptors (Lipinski definition) is 2. The predicted octanol–water partition coefficient (Wildman–Crippen LogP) is 2.16. The summed E-state index contributed by atoms with van der Waals surface area (Å²) in [5.74, 6) is -0.653. The molecule has 1 spiro atoms. The van der Waals surface area contributed by atoms with Gasteiger partial charge in [-0.25, -0.2) is 0 Å². The molecule has 0 radical (unpaired) electrons. The normalized spacial score (nSPS) is 30.3. The lowest BCUT2D eigenvalue weighted by Crippen LogP contribution is -2.51. The van der Waals surface area contributed by atoms with Gasteiger partial charge in [0.25, 0.3) is 0 Å². The quantitative estimate of drug-likeness (QED) is 0.736. The van der Waals surface area contributed by atoms with Crippen LogP contribution in [0.3, 0.4) is 0 Å². The van der Waals surface area contributed by atoms with Crippen LogP contribution < -0.4 is 5.32 Å². The lowest BCUT2D eigenvalue weighted by Gasteiger charge is -2.47. The Kier molecular flexibility index (Phi) is 3.29. The zero-order chi connectivity index (χ0) is 10.7. The monoisotopic (exact) mass is 211 g/mol. The summed E-state index contributed by atoms with van der Waals surface area (Å²) >= 11 is 0. The molecule has 86 valence electrons. The number of aliphatic carboxylic acids is 1. The molecule has 1 aliphatic carbocycles. The third-order valence-electron chi connectivity index (χ3n) is 4.21. The number of hydrogen-bond donors (Lipinski definition) is 2. The van der Waals surface area contributed by atoms with E-state index < -0.39 is 5.97 Å². The van der Waals surface area contributed by atoms with Crippen LogP contribution in [-0.2, 0) is 4.79 Å². The maximum Gasteiger partial charge on any atom is 0.304 e. The van der Waals surface area contributed by atoms with Crippen molar-refractivity contribution in [1.82, 2.24) is 5.32 Å². The average molecular weight is 211 g/mol. The Morgan fingerprint density at radius 3 is 2.53 bits per heavy atom. The molecule has 0 aromatic heterocycles. The molecule has 1 saturated carbocycles. The van der Waals surface area contributed by atoms with Crippen molar-refractivity contribution < 1.29 is 9.90 Å². The van der Waals surface area contributed by atoms with Crippen molar-refractivity contribution in [2.24, 2.45) is 5.41 Å². The molecule has 2 fully saturated rings. The average Bonchev–Trinajstić information content (AvgIpc) is 2.23. The van der Waals surface area contributed by atoms with Crippen LogP contribution in [0.2, 0.25) is 0 Å². The van der Waals surface area contributed by atoms with Gasteiger partial charge < -0.3 is 10.4 Å². The van der Waals surface area contributed by atoms with Crippen molar-refractivity contribution in [3.8, 4) is 0 Å². The van der Waals surface area contributed by atoms with Gasteiger partial charge in [0.05, 0.1) is 6.42 Å². The topological polar surface area (TPSA) is 49.3 Å². The summed E-state index contributed by atoms with van der Waals surface area (Å²) in [6.45, 7) is 1.000. The molecule has 1 heterocycles. The molecule has 3 nitrogen and oxygen atoms in total. The Morgan fingerprint density at radius 1 is 1.20 bits per heavy atom. The lowest BCUT2D eigenvalue weighted by molar-refractivity contribution is -0.139. The lowest BCUT2D eigenvalue weighted by atomic mass is 9.64. The van der Waals surface area contributed by atoms with Crippen LogP contribution in [0.25, 0.3) is 0 Å². The molecule has 1 atom stereocenters. The molecule has 1 aliphatic heterocycles. The summed E-state index contributed by atoms with van der Waals surface area (Å²) in [6, 6.07) is 0.226.